The Hall–Kier alpha value is -2.31. The summed E-state index contributed by atoms with van der Waals surface area (Å²) in [5, 5.41) is 25.4. The largest absolute Gasteiger partial charge is 0.506 e. The lowest BCUT2D eigenvalue weighted by molar-refractivity contribution is -0.384. The number of benzene rings is 1. The van der Waals surface area contributed by atoms with Crippen molar-refractivity contribution in [3.05, 3.63) is 28.3 Å². The number of amides is 2. The number of rotatable bonds is 3. The second kappa shape index (κ2) is 5.55. The lowest BCUT2D eigenvalue weighted by Crippen LogP contribution is -2.36. The van der Waals surface area contributed by atoms with Crippen LogP contribution in [0, 0.1) is 10.1 Å². The summed E-state index contributed by atoms with van der Waals surface area (Å²) in [4.78, 5) is 21.7. The first-order valence-electron chi connectivity index (χ1n) is 6.11. The minimum Gasteiger partial charge on any atom is -0.506 e. The van der Waals surface area contributed by atoms with E-state index in [1.165, 1.54) is 12.1 Å². The number of phenols is 1. The van der Waals surface area contributed by atoms with Crippen LogP contribution in [0.2, 0.25) is 0 Å². The molecule has 0 atom stereocenters. The molecule has 0 saturated heterocycles. The topological polar surface area (TPSA) is 104 Å². The summed E-state index contributed by atoms with van der Waals surface area (Å²) in [6.45, 7) is 0. The summed E-state index contributed by atoms with van der Waals surface area (Å²) in [5.41, 5.74) is -0.154. The lowest BCUT2D eigenvalue weighted by Gasteiger charge is -2.13. The first-order valence-corrected chi connectivity index (χ1v) is 6.11. The minimum absolute atomic E-state index is 0.0321. The van der Waals surface area contributed by atoms with Crippen LogP contribution in [0.25, 0.3) is 0 Å². The first kappa shape index (κ1) is 13.1. The van der Waals surface area contributed by atoms with E-state index < -0.39 is 11.0 Å². The van der Waals surface area contributed by atoms with E-state index in [4.69, 9.17) is 0 Å². The number of hydrogen-bond donors (Lipinski definition) is 3. The van der Waals surface area contributed by atoms with E-state index in [0.717, 1.165) is 31.7 Å². The van der Waals surface area contributed by atoms with Crippen molar-refractivity contribution in [1.82, 2.24) is 5.32 Å². The van der Waals surface area contributed by atoms with Gasteiger partial charge in [0.2, 0.25) is 0 Å². The summed E-state index contributed by atoms with van der Waals surface area (Å²) < 4.78 is 0. The second-order valence-electron chi connectivity index (χ2n) is 4.54. The highest BCUT2D eigenvalue weighted by Gasteiger charge is 2.18. The second-order valence-corrected chi connectivity index (χ2v) is 4.54. The van der Waals surface area contributed by atoms with Gasteiger partial charge in [0.1, 0.15) is 5.75 Å². The summed E-state index contributed by atoms with van der Waals surface area (Å²) >= 11 is 0. The number of non-ortho nitro benzene ring substituents is 1. The van der Waals surface area contributed by atoms with Gasteiger partial charge in [-0.3, -0.25) is 10.1 Å². The van der Waals surface area contributed by atoms with Gasteiger partial charge in [0.05, 0.1) is 10.6 Å². The molecule has 19 heavy (non-hydrogen) atoms. The predicted octanol–water partition coefficient (Wildman–Crippen LogP) is 2.36. The van der Waals surface area contributed by atoms with Gasteiger partial charge in [-0.05, 0) is 18.9 Å². The van der Waals surface area contributed by atoms with Crippen LogP contribution in [-0.4, -0.2) is 22.1 Å². The number of nitro groups is 1. The van der Waals surface area contributed by atoms with E-state index >= 15 is 0 Å². The molecule has 1 aromatic rings. The molecule has 1 aliphatic carbocycles. The quantitative estimate of drug-likeness (QED) is 0.443. The number of phenolic OH excluding ortho intramolecular Hbond substituents is 1. The zero-order valence-corrected chi connectivity index (χ0v) is 10.3. The molecule has 0 spiro atoms. The van der Waals surface area contributed by atoms with E-state index in [2.05, 4.69) is 10.6 Å². The predicted molar refractivity (Wildman–Crippen MR) is 69.2 cm³/mol. The number of nitro benzene ring substituents is 1. The molecule has 1 aliphatic rings. The van der Waals surface area contributed by atoms with Crippen molar-refractivity contribution in [2.45, 2.75) is 31.7 Å². The zero-order valence-electron chi connectivity index (χ0n) is 10.3. The number of nitrogens with one attached hydrogen (secondary N) is 2. The zero-order chi connectivity index (χ0) is 13.8. The lowest BCUT2D eigenvalue weighted by atomic mass is 10.2. The molecule has 7 heteroatoms. The van der Waals surface area contributed by atoms with Crippen molar-refractivity contribution >= 4 is 17.4 Å². The third-order valence-corrected chi connectivity index (χ3v) is 3.13. The molecule has 0 unspecified atom stereocenters. The Kier molecular flexibility index (Phi) is 3.84. The van der Waals surface area contributed by atoms with E-state index in [-0.39, 0.29) is 23.2 Å². The van der Waals surface area contributed by atoms with Gasteiger partial charge in [-0.15, -0.1) is 0 Å². The van der Waals surface area contributed by atoms with Gasteiger partial charge < -0.3 is 15.7 Å². The standard InChI is InChI=1S/C12H15N3O4/c16-11-6-5-9(15(18)19)7-10(11)14-12(17)13-8-3-1-2-4-8/h5-8,16H,1-4H2,(H2,13,14,17). The number of urea groups is 1. The van der Waals surface area contributed by atoms with Crippen molar-refractivity contribution in [2.24, 2.45) is 0 Å². The highest BCUT2D eigenvalue weighted by Crippen LogP contribution is 2.27. The third kappa shape index (κ3) is 3.34. The molecule has 3 N–H and O–H groups in total. The van der Waals surface area contributed by atoms with Crippen LogP contribution in [0.1, 0.15) is 25.7 Å². The van der Waals surface area contributed by atoms with Gasteiger partial charge in [-0.25, -0.2) is 4.79 Å². The Morgan fingerprint density at radius 3 is 2.68 bits per heavy atom. The van der Waals surface area contributed by atoms with Crippen molar-refractivity contribution in [2.75, 3.05) is 5.32 Å². The van der Waals surface area contributed by atoms with Crippen LogP contribution in [-0.2, 0) is 0 Å². The molecule has 2 rings (SSSR count). The minimum atomic E-state index is -0.584. The molecule has 2 amide bonds. The highest BCUT2D eigenvalue weighted by atomic mass is 16.6. The Morgan fingerprint density at radius 1 is 1.37 bits per heavy atom. The molecule has 0 heterocycles. The maximum atomic E-state index is 11.7. The van der Waals surface area contributed by atoms with Crippen LogP contribution in [0.15, 0.2) is 18.2 Å². The maximum Gasteiger partial charge on any atom is 0.319 e. The molecule has 0 radical (unpaired) electrons. The van der Waals surface area contributed by atoms with Crippen LogP contribution in [0.4, 0.5) is 16.2 Å². The van der Waals surface area contributed by atoms with Crippen LogP contribution < -0.4 is 10.6 Å². The normalized spacial score (nSPS) is 15.2. The summed E-state index contributed by atoms with van der Waals surface area (Å²) in [6.07, 6.45) is 4.06. The molecule has 0 bridgehead atoms. The Bertz CT molecular complexity index is 498. The van der Waals surface area contributed by atoms with Crippen LogP contribution in [0.3, 0.4) is 0 Å². The molecule has 7 nitrogen and oxygen atoms in total. The summed E-state index contributed by atoms with van der Waals surface area (Å²) in [6, 6.07) is 3.17. The van der Waals surface area contributed by atoms with E-state index in [1.807, 2.05) is 0 Å². The van der Waals surface area contributed by atoms with Crippen molar-refractivity contribution in [3.63, 3.8) is 0 Å². The Balaban J connectivity index is 2.02. The molecule has 0 aliphatic heterocycles. The fourth-order valence-electron chi connectivity index (χ4n) is 2.15. The van der Waals surface area contributed by atoms with E-state index in [9.17, 15) is 20.0 Å². The molecular weight excluding hydrogens is 250 g/mol. The van der Waals surface area contributed by atoms with Crippen molar-refractivity contribution in [1.29, 1.82) is 0 Å². The van der Waals surface area contributed by atoms with Gasteiger partial charge in [0.25, 0.3) is 5.69 Å². The molecule has 1 fully saturated rings. The van der Waals surface area contributed by atoms with Gasteiger partial charge >= 0.3 is 6.03 Å². The van der Waals surface area contributed by atoms with Crippen LogP contribution in [0.5, 0.6) is 5.75 Å². The fraction of sp³-hybridized carbons (Fsp3) is 0.417. The van der Waals surface area contributed by atoms with Gasteiger partial charge in [0.15, 0.2) is 0 Å². The van der Waals surface area contributed by atoms with Gasteiger partial charge in [0, 0.05) is 18.2 Å². The van der Waals surface area contributed by atoms with Gasteiger partial charge in [-0.2, -0.15) is 0 Å². The fourth-order valence-corrected chi connectivity index (χ4v) is 2.15. The molecular formula is C12H15N3O4. The monoisotopic (exact) mass is 265 g/mol. The SMILES string of the molecule is O=C(Nc1cc([N+](=O)[O-])ccc1O)NC1CCCC1. The summed E-state index contributed by atoms with van der Waals surface area (Å²) in [7, 11) is 0. The number of anilines is 1. The molecule has 1 saturated carbocycles. The van der Waals surface area contributed by atoms with E-state index in [0.29, 0.717) is 0 Å². The third-order valence-electron chi connectivity index (χ3n) is 3.13. The molecule has 1 aromatic carbocycles. The average molecular weight is 265 g/mol. The van der Waals surface area contributed by atoms with Crippen LogP contribution >= 0.6 is 0 Å². The van der Waals surface area contributed by atoms with Gasteiger partial charge in [-0.1, -0.05) is 12.8 Å². The first-order chi connectivity index (χ1) is 9.06. The number of carbonyl (C=O) groups excluding carboxylic acids is 1. The number of aromatic hydroxyl groups is 1. The molecule has 0 aromatic heterocycles. The Morgan fingerprint density at radius 2 is 2.05 bits per heavy atom. The smallest absolute Gasteiger partial charge is 0.319 e. The number of hydrogen-bond acceptors (Lipinski definition) is 4. The van der Waals surface area contributed by atoms with E-state index in [1.54, 1.807) is 0 Å². The van der Waals surface area contributed by atoms with Crippen molar-refractivity contribution in [3.8, 4) is 5.75 Å². The maximum absolute atomic E-state index is 11.7. The highest BCUT2D eigenvalue weighted by molar-refractivity contribution is 5.91. The van der Waals surface area contributed by atoms with Crippen molar-refractivity contribution < 1.29 is 14.8 Å². The number of nitrogens with zero attached hydrogens (tertiary/aromatic N) is 1. The number of carbonyl (C=O) groups is 1. The summed E-state index contributed by atoms with van der Waals surface area (Å²) in [5.74, 6) is -0.202. The Labute approximate surface area is 109 Å². The molecule has 102 valence electrons. The average Bonchev–Trinajstić information content (AvgIpc) is 2.84.